The minimum absolute atomic E-state index is 0.0775. The van der Waals surface area contributed by atoms with E-state index in [0.29, 0.717) is 22.6 Å². The van der Waals surface area contributed by atoms with E-state index in [1.165, 1.54) is 37.4 Å². The van der Waals surface area contributed by atoms with E-state index in [4.69, 9.17) is 10.5 Å². The van der Waals surface area contributed by atoms with Gasteiger partial charge in [-0.1, -0.05) is 18.2 Å². The van der Waals surface area contributed by atoms with Crippen LogP contribution in [0.25, 0.3) is 0 Å². The smallest absolute Gasteiger partial charge is 0.262 e. The van der Waals surface area contributed by atoms with Crippen LogP contribution in [0.4, 0.5) is 11.4 Å². The second-order valence-electron chi connectivity index (χ2n) is 6.68. The predicted octanol–water partition coefficient (Wildman–Crippen LogP) is 3.16. The van der Waals surface area contributed by atoms with Crippen molar-refractivity contribution in [3.63, 3.8) is 0 Å². The van der Waals surface area contributed by atoms with Crippen LogP contribution in [0.2, 0.25) is 0 Å². The van der Waals surface area contributed by atoms with Crippen molar-refractivity contribution in [3.8, 4) is 5.75 Å². The van der Waals surface area contributed by atoms with Crippen molar-refractivity contribution in [2.75, 3.05) is 17.1 Å². The second-order valence-corrected chi connectivity index (χ2v) is 8.36. The topological polar surface area (TPSA) is 128 Å². The highest BCUT2D eigenvalue weighted by atomic mass is 32.2. The summed E-state index contributed by atoms with van der Waals surface area (Å²) in [6.07, 6.45) is 0. The van der Waals surface area contributed by atoms with Gasteiger partial charge in [0.2, 0.25) is 5.91 Å². The van der Waals surface area contributed by atoms with Crippen LogP contribution >= 0.6 is 0 Å². The number of carbonyl (C=O) groups is 2. The molecular weight excluding hydrogens is 418 g/mol. The van der Waals surface area contributed by atoms with Crippen molar-refractivity contribution in [2.45, 2.75) is 11.8 Å². The van der Waals surface area contributed by atoms with E-state index < -0.39 is 21.8 Å². The molecule has 31 heavy (non-hydrogen) atoms. The first-order chi connectivity index (χ1) is 14.7. The summed E-state index contributed by atoms with van der Waals surface area (Å²) in [5.74, 6) is -0.689. The zero-order valence-electron chi connectivity index (χ0n) is 16.9. The first kappa shape index (κ1) is 21.8. The molecular formula is C22H21N3O5S. The lowest BCUT2D eigenvalue weighted by molar-refractivity contribution is 0.0997. The minimum atomic E-state index is -3.96. The molecule has 0 radical (unpaired) electrons. The third kappa shape index (κ3) is 5.01. The van der Waals surface area contributed by atoms with E-state index in [0.717, 1.165) is 0 Å². The van der Waals surface area contributed by atoms with Gasteiger partial charge in [0.05, 0.1) is 17.7 Å². The summed E-state index contributed by atoms with van der Waals surface area (Å²) in [6, 6.07) is 16.9. The molecule has 8 nitrogen and oxygen atoms in total. The molecule has 0 aromatic heterocycles. The van der Waals surface area contributed by atoms with Crippen LogP contribution in [0.15, 0.2) is 71.6 Å². The number of rotatable bonds is 7. The van der Waals surface area contributed by atoms with Gasteiger partial charge in [0.1, 0.15) is 5.75 Å². The number of carbonyl (C=O) groups excluding carboxylic acids is 2. The number of methoxy groups -OCH3 is 1. The number of hydrogen-bond acceptors (Lipinski definition) is 5. The molecule has 2 amide bonds. The van der Waals surface area contributed by atoms with Gasteiger partial charge in [-0.15, -0.1) is 0 Å². The van der Waals surface area contributed by atoms with E-state index in [-0.39, 0.29) is 16.1 Å². The minimum Gasteiger partial charge on any atom is -0.495 e. The molecule has 0 heterocycles. The fourth-order valence-electron chi connectivity index (χ4n) is 2.96. The van der Waals surface area contributed by atoms with Gasteiger partial charge in [0, 0.05) is 16.8 Å². The van der Waals surface area contributed by atoms with E-state index in [2.05, 4.69) is 10.0 Å². The Hall–Kier alpha value is -3.85. The largest absolute Gasteiger partial charge is 0.495 e. The summed E-state index contributed by atoms with van der Waals surface area (Å²) < 4.78 is 33.2. The first-order valence-electron chi connectivity index (χ1n) is 9.19. The number of sulfonamides is 1. The van der Waals surface area contributed by atoms with Crippen LogP contribution in [0.3, 0.4) is 0 Å². The third-order valence-electron chi connectivity index (χ3n) is 4.51. The number of aryl methyl sites for hydroxylation is 1. The number of ether oxygens (including phenoxy) is 1. The van der Waals surface area contributed by atoms with Crippen molar-refractivity contribution in [1.29, 1.82) is 0 Å². The molecule has 0 aliphatic heterocycles. The molecule has 4 N–H and O–H groups in total. The van der Waals surface area contributed by atoms with Gasteiger partial charge in [0.15, 0.2) is 0 Å². The van der Waals surface area contributed by atoms with Crippen LogP contribution in [0.1, 0.15) is 26.3 Å². The molecule has 9 heteroatoms. The predicted molar refractivity (Wildman–Crippen MR) is 118 cm³/mol. The van der Waals surface area contributed by atoms with Gasteiger partial charge in [-0.3, -0.25) is 14.3 Å². The molecule has 0 aliphatic carbocycles. The van der Waals surface area contributed by atoms with Crippen LogP contribution in [0, 0.1) is 6.92 Å². The van der Waals surface area contributed by atoms with E-state index in [9.17, 15) is 18.0 Å². The SMILES string of the molecule is COc1ccccc1NS(=O)(=O)c1cccc(C(=O)Nc2ccc(C(N)=O)c(C)c2)c1. The molecule has 0 bridgehead atoms. The Kier molecular flexibility index (Phi) is 6.26. The molecule has 160 valence electrons. The lowest BCUT2D eigenvalue weighted by Gasteiger charge is -2.12. The van der Waals surface area contributed by atoms with Crippen LogP contribution < -0.4 is 20.5 Å². The van der Waals surface area contributed by atoms with Crippen molar-refractivity contribution in [3.05, 3.63) is 83.4 Å². The number of nitrogens with one attached hydrogen (secondary N) is 2. The highest BCUT2D eigenvalue weighted by Crippen LogP contribution is 2.26. The Bertz CT molecular complexity index is 1260. The molecule has 3 rings (SSSR count). The number of primary amides is 1. The monoisotopic (exact) mass is 439 g/mol. The van der Waals surface area contributed by atoms with E-state index in [1.54, 1.807) is 43.3 Å². The Morgan fingerprint density at radius 3 is 2.39 bits per heavy atom. The summed E-state index contributed by atoms with van der Waals surface area (Å²) in [4.78, 5) is 23.9. The number of para-hydroxylation sites is 2. The number of benzene rings is 3. The molecule has 0 unspecified atom stereocenters. The molecule has 0 saturated carbocycles. The summed E-state index contributed by atoms with van der Waals surface area (Å²) in [7, 11) is -2.52. The number of anilines is 2. The highest BCUT2D eigenvalue weighted by molar-refractivity contribution is 7.92. The van der Waals surface area contributed by atoms with Gasteiger partial charge in [0.25, 0.3) is 15.9 Å². The van der Waals surface area contributed by atoms with Crippen molar-refractivity contribution in [1.82, 2.24) is 0 Å². The van der Waals surface area contributed by atoms with E-state index in [1.807, 2.05) is 0 Å². The first-order valence-corrected chi connectivity index (χ1v) is 10.7. The van der Waals surface area contributed by atoms with E-state index >= 15 is 0 Å². The zero-order chi connectivity index (χ0) is 22.6. The summed E-state index contributed by atoms with van der Waals surface area (Å²) in [5, 5.41) is 2.69. The van der Waals surface area contributed by atoms with Gasteiger partial charge in [-0.2, -0.15) is 0 Å². The van der Waals surface area contributed by atoms with Crippen LogP contribution in [-0.2, 0) is 10.0 Å². The maximum atomic E-state index is 12.8. The van der Waals surface area contributed by atoms with Gasteiger partial charge >= 0.3 is 0 Å². The molecule has 0 saturated heterocycles. The lowest BCUT2D eigenvalue weighted by atomic mass is 10.1. The number of hydrogen-bond donors (Lipinski definition) is 3. The average molecular weight is 439 g/mol. The Labute approximate surface area is 180 Å². The maximum Gasteiger partial charge on any atom is 0.262 e. The molecule has 0 atom stereocenters. The van der Waals surface area contributed by atoms with Gasteiger partial charge in [-0.05, 0) is 61.0 Å². The van der Waals surface area contributed by atoms with Crippen molar-refractivity contribution in [2.24, 2.45) is 5.73 Å². The summed E-state index contributed by atoms with van der Waals surface area (Å²) in [5.41, 5.74) is 7.15. The van der Waals surface area contributed by atoms with Crippen LogP contribution in [-0.4, -0.2) is 27.3 Å². The van der Waals surface area contributed by atoms with Crippen molar-refractivity contribution >= 4 is 33.2 Å². The quantitative estimate of drug-likeness (QED) is 0.521. The molecule has 3 aromatic carbocycles. The molecule has 3 aromatic rings. The number of amides is 2. The standard InChI is InChI=1S/C22H21N3O5S/c1-14-12-16(10-11-18(14)21(23)26)24-22(27)15-6-5-7-17(13-15)31(28,29)25-19-8-3-4-9-20(19)30-2/h3-13,25H,1-2H3,(H2,23,26)(H,24,27). The summed E-state index contributed by atoms with van der Waals surface area (Å²) in [6.45, 7) is 1.70. The maximum absolute atomic E-state index is 12.8. The van der Waals surface area contributed by atoms with Gasteiger partial charge < -0.3 is 15.8 Å². The molecule has 0 aliphatic rings. The van der Waals surface area contributed by atoms with Crippen molar-refractivity contribution < 1.29 is 22.7 Å². The summed E-state index contributed by atoms with van der Waals surface area (Å²) >= 11 is 0. The Balaban J connectivity index is 1.83. The Morgan fingerprint density at radius 2 is 1.71 bits per heavy atom. The van der Waals surface area contributed by atoms with Crippen LogP contribution in [0.5, 0.6) is 5.75 Å². The third-order valence-corrected chi connectivity index (χ3v) is 5.87. The Morgan fingerprint density at radius 1 is 0.968 bits per heavy atom. The molecule has 0 spiro atoms. The zero-order valence-corrected chi connectivity index (χ0v) is 17.7. The van der Waals surface area contributed by atoms with Gasteiger partial charge in [-0.25, -0.2) is 8.42 Å². The lowest BCUT2D eigenvalue weighted by Crippen LogP contribution is -2.17. The fourth-order valence-corrected chi connectivity index (χ4v) is 4.07. The second kappa shape index (κ2) is 8.88. The average Bonchev–Trinajstić information content (AvgIpc) is 2.73. The number of nitrogens with two attached hydrogens (primary N) is 1. The fraction of sp³-hybridized carbons (Fsp3) is 0.0909. The molecule has 0 fully saturated rings. The highest BCUT2D eigenvalue weighted by Gasteiger charge is 2.18. The normalized spacial score (nSPS) is 10.9.